The molecule has 0 atom stereocenters. The van der Waals surface area contributed by atoms with Gasteiger partial charge >= 0.3 is 20.1 Å². The SMILES string of the molecule is [Ir+3].[c-]1ccccc1N1C=CN[CH-]1.[c-]1ncc2c3cc4cccnc4cc3c3cccnc3n12. The Hall–Kier alpha value is -3.80. The Labute approximate surface area is 204 Å². The summed E-state index contributed by atoms with van der Waals surface area (Å²) < 4.78 is 1.92. The van der Waals surface area contributed by atoms with E-state index in [1.165, 1.54) is 0 Å². The van der Waals surface area contributed by atoms with Crippen LogP contribution < -0.4 is 10.2 Å². The molecule has 0 saturated heterocycles. The van der Waals surface area contributed by atoms with Gasteiger partial charge in [-0.15, -0.1) is 5.69 Å². The van der Waals surface area contributed by atoms with E-state index >= 15 is 0 Å². The summed E-state index contributed by atoms with van der Waals surface area (Å²) >= 11 is 0. The quantitative estimate of drug-likeness (QED) is 0.165. The molecule has 4 aromatic heterocycles. The molecule has 1 aliphatic heterocycles. The summed E-state index contributed by atoms with van der Waals surface area (Å²) in [5.74, 6) is 0. The molecule has 2 aromatic carbocycles. The molecule has 6 nitrogen and oxygen atoms in total. The van der Waals surface area contributed by atoms with Crippen molar-refractivity contribution in [2.24, 2.45) is 0 Å². The molecule has 1 aliphatic rings. The van der Waals surface area contributed by atoms with Gasteiger partial charge < -0.3 is 19.6 Å². The van der Waals surface area contributed by atoms with Gasteiger partial charge in [-0.05, 0) is 52.3 Å². The van der Waals surface area contributed by atoms with Crippen LogP contribution in [0.1, 0.15) is 0 Å². The Morgan fingerprint density at radius 3 is 2.67 bits per heavy atom. The van der Waals surface area contributed by atoms with E-state index < -0.39 is 0 Å². The number of fused-ring (bicyclic) bond motifs is 7. The maximum atomic E-state index is 4.48. The third-order valence-electron chi connectivity index (χ3n) is 5.41. The van der Waals surface area contributed by atoms with Crippen molar-refractivity contribution < 1.29 is 20.1 Å². The Morgan fingerprint density at radius 1 is 0.909 bits per heavy atom. The molecule has 0 amide bonds. The van der Waals surface area contributed by atoms with Crippen molar-refractivity contribution in [2.75, 3.05) is 4.90 Å². The number of anilines is 1. The first-order chi connectivity index (χ1) is 15.9. The first-order valence-corrected chi connectivity index (χ1v) is 10.2. The summed E-state index contributed by atoms with van der Waals surface area (Å²) in [7, 11) is 0. The molecular weight excluding hydrogens is 589 g/mol. The standard InChI is InChI=1S/C17H9N4.C9H8N2.Ir/c1-3-11-7-14-13(8-15(11)19-5-1)12-4-2-6-20-17(12)21-10-18-9-16(14)21;1-2-4-9(5-3-1)11-7-6-10-8-11;/h1-9H;1-4,6-8,10H;/q-1;-2;+3. The monoisotopic (exact) mass is 606 g/mol. The molecule has 0 fully saturated rings. The summed E-state index contributed by atoms with van der Waals surface area (Å²) in [6.45, 7) is 1.88. The van der Waals surface area contributed by atoms with Crippen LogP contribution in [0.3, 0.4) is 0 Å². The Balaban J connectivity index is 0.000000162. The Kier molecular flexibility index (Phi) is 5.73. The van der Waals surface area contributed by atoms with Crippen molar-refractivity contribution in [2.45, 2.75) is 0 Å². The number of hydrogen-bond donors (Lipinski definition) is 1. The molecule has 0 aliphatic carbocycles. The van der Waals surface area contributed by atoms with E-state index in [0.717, 1.165) is 43.9 Å². The third-order valence-corrected chi connectivity index (χ3v) is 5.41. The van der Waals surface area contributed by atoms with Crippen LogP contribution in [0.25, 0.3) is 38.2 Å². The topological polar surface area (TPSA) is 58.3 Å². The van der Waals surface area contributed by atoms with Gasteiger partial charge in [0.25, 0.3) is 0 Å². The van der Waals surface area contributed by atoms with Gasteiger partial charge in [-0.3, -0.25) is 9.97 Å². The second kappa shape index (κ2) is 8.98. The molecule has 0 bridgehead atoms. The number of aromatic nitrogens is 4. The summed E-state index contributed by atoms with van der Waals surface area (Å²) in [6, 6.07) is 23.3. The van der Waals surface area contributed by atoms with E-state index in [-0.39, 0.29) is 20.1 Å². The van der Waals surface area contributed by atoms with Crippen molar-refractivity contribution in [1.29, 1.82) is 0 Å². The van der Waals surface area contributed by atoms with Gasteiger partial charge in [0.2, 0.25) is 0 Å². The zero-order valence-corrected chi connectivity index (χ0v) is 19.7. The molecule has 6 aromatic rings. The summed E-state index contributed by atoms with van der Waals surface area (Å²) in [5, 5.41) is 7.47. The number of hydrogen-bond acceptors (Lipinski definition) is 5. The predicted octanol–water partition coefficient (Wildman–Crippen LogP) is 4.87. The maximum Gasteiger partial charge on any atom is 3.00 e. The van der Waals surface area contributed by atoms with Gasteiger partial charge in [0.05, 0.1) is 11.2 Å². The van der Waals surface area contributed by atoms with Crippen molar-refractivity contribution in [3.05, 3.63) is 111 Å². The molecule has 0 radical (unpaired) electrons. The minimum Gasteiger partial charge on any atom is -0.521 e. The van der Waals surface area contributed by atoms with E-state index in [1.807, 2.05) is 77.2 Å². The minimum atomic E-state index is 0. The van der Waals surface area contributed by atoms with Crippen LogP contribution in [-0.2, 0) is 20.1 Å². The number of imidazole rings is 1. The van der Waals surface area contributed by atoms with E-state index in [0.29, 0.717) is 0 Å². The van der Waals surface area contributed by atoms with Crippen molar-refractivity contribution in [3.8, 4) is 0 Å². The number of para-hydroxylation sites is 1. The zero-order chi connectivity index (χ0) is 21.3. The summed E-state index contributed by atoms with van der Waals surface area (Å²) in [6.07, 6.45) is 12.3. The van der Waals surface area contributed by atoms with E-state index in [9.17, 15) is 0 Å². The van der Waals surface area contributed by atoms with Crippen LogP contribution in [-0.4, -0.2) is 19.4 Å². The smallest absolute Gasteiger partial charge is 0.521 e. The fraction of sp³-hybridized carbons (Fsp3) is 0. The fourth-order valence-corrected chi connectivity index (χ4v) is 3.94. The van der Waals surface area contributed by atoms with E-state index in [4.69, 9.17) is 0 Å². The first-order valence-electron chi connectivity index (χ1n) is 10.2. The van der Waals surface area contributed by atoms with E-state index in [2.05, 4.69) is 56.9 Å². The van der Waals surface area contributed by atoms with Gasteiger partial charge in [0, 0.05) is 24.1 Å². The molecule has 0 unspecified atom stereocenters. The van der Waals surface area contributed by atoms with Crippen molar-refractivity contribution in [1.82, 2.24) is 24.7 Å². The largest absolute Gasteiger partial charge is 3.00 e. The fourth-order valence-electron chi connectivity index (χ4n) is 3.94. The van der Waals surface area contributed by atoms with Crippen molar-refractivity contribution in [3.63, 3.8) is 0 Å². The van der Waals surface area contributed by atoms with E-state index in [1.54, 1.807) is 6.20 Å². The molecule has 7 heteroatoms. The van der Waals surface area contributed by atoms with Crippen LogP contribution in [0, 0.1) is 19.1 Å². The molecule has 33 heavy (non-hydrogen) atoms. The predicted molar refractivity (Wildman–Crippen MR) is 126 cm³/mol. The average Bonchev–Trinajstić information content (AvgIpc) is 3.57. The van der Waals surface area contributed by atoms with Crippen LogP contribution in [0.2, 0.25) is 0 Å². The Bertz CT molecular complexity index is 1590. The van der Waals surface area contributed by atoms with Crippen LogP contribution in [0.4, 0.5) is 5.69 Å². The molecule has 160 valence electrons. The summed E-state index contributed by atoms with van der Waals surface area (Å²) in [4.78, 5) is 15.1. The van der Waals surface area contributed by atoms with Crippen LogP contribution >= 0.6 is 0 Å². The first kappa shape index (κ1) is 21.1. The second-order valence-electron chi connectivity index (χ2n) is 7.31. The molecular formula is C26H17IrN6. The van der Waals surface area contributed by atoms with Gasteiger partial charge in [-0.2, -0.15) is 37.0 Å². The second-order valence-corrected chi connectivity index (χ2v) is 7.31. The van der Waals surface area contributed by atoms with Gasteiger partial charge in [-0.25, -0.2) is 0 Å². The Morgan fingerprint density at radius 2 is 1.82 bits per heavy atom. The molecule has 0 saturated carbocycles. The number of benzene rings is 2. The maximum absolute atomic E-state index is 4.48. The minimum absolute atomic E-state index is 0. The molecule has 1 N–H and O–H groups in total. The zero-order valence-electron chi connectivity index (χ0n) is 17.3. The number of pyridine rings is 3. The molecule has 0 spiro atoms. The van der Waals surface area contributed by atoms with Gasteiger partial charge in [-0.1, -0.05) is 24.4 Å². The molecule has 7 rings (SSSR count). The van der Waals surface area contributed by atoms with Crippen LogP contribution in [0.15, 0.2) is 91.7 Å². The number of nitrogens with one attached hydrogen (secondary N) is 1. The summed E-state index contributed by atoms with van der Waals surface area (Å²) in [5.41, 5.74) is 3.92. The normalized spacial score (nSPS) is 12.5. The third kappa shape index (κ3) is 3.82. The average molecular weight is 606 g/mol. The van der Waals surface area contributed by atoms with Crippen molar-refractivity contribution >= 4 is 43.9 Å². The van der Waals surface area contributed by atoms with Crippen LogP contribution in [0.5, 0.6) is 0 Å². The van der Waals surface area contributed by atoms with Gasteiger partial charge in [0.1, 0.15) is 0 Å². The molecule has 5 heterocycles. The number of rotatable bonds is 1. The number of nitrogens with zero attached hydrogens (tertiary/aromatic N) is 5. The van der Waals surface area contributed by atoms with Gasteiger partial charge in [0.15, 0.2) is 0 Å².